The summed E-state index contributed by atoms with van der Waals surface area (Å²) in [5.41, 5.74) is 1.43. The lowest BCUT2D eigenvalue weighted by molar-refractivity contribution is 0.216. The summed E-state index contributed by atoms with van der Waals surface area (Å²) in [7, 11) is 0. The van der Waals surface area contributed by atoms with Crippen molar-refractivity contribution in [2.75, 3.05) is 31.1 Å². The number of aryl methyl sites for hydroxylation is 2. The normalized spacial score (nSPS) is 24.8. The van der Waals surface area contributed by atoms with E-state index in [1.54, 1.807) is 0 Å². The first-order chi connectivity index (χ1) is 11.6. The van der Waals surface area contributed by atoms with E-state index in [4.69, 9.17) is 0 Å². The summed E-state index contributed by atoms with van der Waals surface area (Å²) in [6.45, 7) is 10.00. The summed E-state index contributed by atoms with van der Waals surface area (Å²) in [6, 6.07) is 8.73. The molecule has 2 saturated heterocycles. The first kappa shape index (κ1) is 16.0. The number of hydrogen-bond acceptors (Lipinski definition) is 5. The van der Waals surface area contributed by atoms with Crippen LogP contribution >= 0.6 is 11.3 Å². The molecule has 4 heterocycles. The van der Waals surface area contributed by atoms with E-state index >= 15 is 0 Å². The Morgan fingerprint density at radius 2 is 1.96 bits per heavy atom. The Kier molecular flexibility index (Phi) is 4.31. The number of thiophene rings is 1. The molecule has 2 aromatic rings. The molecule has 24 heavy (non-hydrogen) atoms. The summed E-state index contributed by atoms with van der Waals surface area (Å²) in [4.78, 5) is 8.02. The maximum atomic E-state index is 4.41. The van der Waals surface area contributed by atoms with Crippen LogP contribution in [0.5, 0.6) is 0 Å². The highest BCUT2D eigenvalue weighted by Gasteiger charge is 2.41. The summed E-state index contributed by atoms with van der Waals surface area (Å²) >= 11 is 1.94. The van der Waals surface area contributed by atoms with E-state index in [0.29, 0.717) is 5.41 Å². The van der Waals surface area contributed by atoms with E-state index in [1.165, 1.54) is 42.1 Å². The van der Waals surface area contributed by atoms with Crippen LogP contribution < -0.4 is 4.90 Å². The largest absolute Gasteiger partial charge is 0.355 e. The van der Waals surface area contributed by atoms with Crippen molar-refractivity contribution in [3.05, 3.63) is 39.7 Å². The zero-order chi connectivity index (χ0) is 16.6. The Labute approximate surface area is 148 Å². The summed E-state index contributed by atoms with van der Waals surface area (Å²) in [5, 5.41) is 8.65. The van der Waals surface area contributed by atoms with Crippen LogP contribution in [0.2, 0.25) is 0 Å². The molecule has 2 fully saturated rings. The third-order valence-corrected chi connectivity index (χ3v) is 6.45. The molecular weight excluding hydrogens is 316 g/mol. The number of hydrogen-bond donors (Lipinski definition) is 0. The predicted molar refractivity (Wildman–Crippen MR) is 99.6 cm³/mol. The highest BCUT2D eigenvalue weighted by molar-refractivity contribution is 7.11. The van der Waals surface area contributed by atoms with Crippen LogP contribution in [0, 0.1) is 19.3 Å². The molecule has 0 amide bonds. The number of likely N-dealkylation sites (tertiary alicyclic amines) is 1. The fraction of sp³-hybridized carbons (Fsp3) is 0.579. The summed E-state index contributed by atoms with van der Waals surface area (Å²) < 4.78 is 0. The smallest absolute Gasteiger partial charge is 0.151 e. The number of rotatable bonds is 3. The van der Waals surface area contributed by atoms with Gasteiger partial charge in [0.05, 0.1) is 5.69 Å². The Balaban J connectivity index is 1.42. The van der Waals surface area contributed by atoms with E-state index in [9.17, 15) is 0 Å². The minimum Gasteiger partial charge on any atom is -0.355 e. The Hall–Kier alpha value is -1.46. The number of piperidine rings is 1. The van der Waals surface area contributed by atoms with Crippen molar-refractivity contribution >= 4 is 17.2 Å². The molecule has 0 saturated carbocycles. The van der Waals surface area contributed by atoms with Crippen LogP contribution in [0.15, 0.2) is 24.3 Å². The van der Waals surface area contributed by atoms with Crippen LogP contribution in [0.3, 0.4) is 0 Å². The van der Waals surface area contributed by atoms with Crippen LogP contribution in [0.25, 0.3) is 0 Å². The second kappa shape index (κ2) is 6.45. The summed E-state index contributed by atoms with van der Waals surface area (Å²) in [5.74, 6) is 1.05. The Bertz CT molecular complexity index is 696. The third kappa shape index (κ3) is 3.33. The molecule has 0 aromatic carbocycles. The van der Waals surface area contributed by atoms with Gasteiger partial charge >= 0.3 is 0 Å². The van der Waals surface area contributed by atoms with Gasteiger partial charge in [-0.05, 0) is 63.9 Å². The van der Waals surface area contributed by atoms with Gasteiger partial charge < -0.3 is 4.90 Å². The lowest BCUT2D eigenvalue weighted by Gasteiger charge is -2.41. The second-order valence-corrected chi connectivity index (χ2v) is 8.90. The van der Waals surface area contributed by atoms with Crippen LogP contribution in [0.4, 0.5) is 5.82 Å². The van der Waals surface area contributed by atoms with E-state index in [1.807, 2.05) is 18.3 Å². The molecule has 4 nitrogen and oxygen atoms in total. The maximum Gasteiger partial charge on any atom is 0.151 e. The molecule has 5 heteroatoms. The fourth-order valence-electron chi connectivity index (χ4n) is 4.25. The standard InChI is InChI=1S/C19H26N4S/c1-15-4-7-18(21-20-15)23-10-3-8-19(14-23)9-11-22(13-19)12-17-6-5-16(2)24-17/h4-7H,3,8-14H2,1-2H3/t19-/m1/s1. The molecule has 2 aliphatic heterocycles. The summed E-state index contributed by atoms with van der Waals surface area (Å²) in [6.07, 6.45) is 3.93. The monoisotopic (exact) mass is 342 g/mol. The van der Waals surface area contributed by atoms with Gasteiger partial charge in [0.15, 0.2) is 5.82 Å². The van der Waals surface area contributed by atoms with Gasteiger partial charge in [-0.2, -0.15) is 5.10 Å². The van der Waals surface area contributed by atoms with Crippen LogP contribution in [0.1, 0.15) is 34.7 Å². The third-order valence-electron chi connectivity index (χ3n) is 5.46. The van der Waals surface area contributed by atoms with Gasteiger partial charge in [-0.1, -0.05) is 0 Å². The minimum atomic E-state index is 0.442. The Morgan fingerprint density at radius 1 is 1.04 bits per heavy atom. The predicted octanol–water partition coefficient (Wildman–Crippen LogP) is 3.65. The Morgan fingerprint density at radius 3 is 2.71 bits per heavy atom. The molecular formula is C19H26N4S. The maximum absolute atomic E-state index is 4.41. The zero-order valence-corrected chi connectivity index (χ0v) is 15.5. The van der Waals surface area contributed by atoms with Crippen molar-refractivity contribution in [3.8, 4) is 0 Å². The highest BCUT2D eigenvalue weighted by Crippen LogP contribution is 2.40. The molecule has 128 valence electrons. The molecule has 2 aliphatic rings. The SMILES string of the molecule is Cc1ccc(N2CCC[C@]3(CCN(Cc4ccc(C)s4)C3)C2)nn1. The van der Waals surface area contributed by atoms with Crippen molar-refractivity contribution in [3.63, 3.8) is 0 Å². The molecule has 2 aromatic heterocycles. The number of anilines is 1. The van der Waals surface area contributed by atoms with Gasteiger partial charge in [-0.15, -0.1) is 16.4 Å². The first-order valence-corrected chi connectivity index (χ1v) is 9.77. The van der Waals surface area contributed by atoms with Crippen molar-refractivity contribution in [1.29, 1.82) is 0 Å². The molecule has 0 bridgehead atoms. The molecule has 0 N–H and O–H groups in total. The van der Waals surface area contributed by atoms with Gasteiger partial charge in [0.25, 0.3) is 0 Å². The molecule has 0 unspecified atom stereocenters. The molecule has 0 radical (unpaired) electrons. The van der Waals surface area contributed by atoms with E-state index in [0.717, 1.165) is 31.1 Å². The highest BCUT2D eigenvalue weighted by atomic mass is 32.1. The number of nitrogens with zero attached hydrogens (tertiary/aromatic N) is 4. The fourth-order valence-corrected chi connectivity index (χ4v) is 5.18. The van der Waals surface area contributed by atoms with E-state index < -0.39 is 0 Å². The van der Waals surface area contributed by atoms with Crippen LogP contribution in [-0.2, 0) is 6.54 Å². The van der Waals surface area contributed by atoms with Gasteiger partial charge in [0.2, 0.25) is 0 Å². The quantitative estimate of drug-likeness (QED) is 0.852. The molecule has 4 rings (SSSR count). The minimum absolute atomic E-state index is 0.442. The van der Waals surface area contributed by atoms with E-state index in [2.05, 4.69) is 51.2 Å². The average Bonchev–Trinajstić information content (AvgIpc) is 3.15. The molecule has 1 spiro atoms. The molecule has 0 aliphatic carbocycles. The second-order valence-electron chi connectivity index (χ2n) is 7.53. The average molecular weight is 343 g/mol. The van der Waals surface area contributed by atoms with Gasteiger partial charge in [0.1, 0.15) is 0 Å². The van der Waals surface area contributed by atoms with Crippen molar-refractivity contribution in [1.82, 2.24) is 15.1 Å². The van der Waals surface area contributed by atoms with Crippen molar-refractivity contribution < 1.29 is 0 Å². The lowest BCUT2D eigenvalue weighted by atomic mass is 9.79. The van der Waals surface area contributed by atoms with Crippen molar-refractivity contribution in [2.45, 2.75) is 39.7 Å². The van der Waals surface area contributed by atoms with Gasteiger partial charge in [0, 0.05) is 41.3 Å². The molecule has 1 atom stereocenters. The lowest BCUT2D eigenvalue weighted by Crippen LogP contribution is -2.45. The number of aromatic nitrogens is 2. The van der Waals surface area contributed by atoms with Gasteiger partial charge in [-0.25, -0.2) is 0 Å². The van der Waals surface area contributed by atoms with E-state index in [-0.39, 0.29) is 0 Å². The topological polar surface area (TPSA) is 32.3 Å². The van der Waals surface area contributed by atoms with Crippen LogP contribution in [-0.4, -0.2) is 41.3 Å². The van der Waals surface area contributed by atoms with Gasteiger partial charge in [-0.3, -0.25) is 4.90 Å². The zero-order valence-electron chi connectivity index (χ0n) is 14.7. The first-order valence-electron chi connectivity index (χ1n) is 8.95. The van der Waals surface area contributed by atoms with Crippen molar-refractivity contribution in [2.24, 2.45) is 5.41 Å².